The number of thiocarbonyl (C=S) groups is 1. The number of nitrogens with zero attached hydrogens (tertiary/aromatic N) is 3. The Bertz CT molecular complexity index is 1250. The van der Waals surface area contributed by atoms with Crippen LogP contribution < -0.4 is 10.2 Å². The topological polar surface area (TPSA) is 23.4 Å². The minimum Gasteiger partial charge on any atom is -0.375 e. The Balaban J connectivity index is 1.46. The molecule has 0 radical (unpaired) electrons. The van der Waals surface area contributed by atoms with Gasteiger partial charge in [0.05, 0.1) is 6.54 Å². The molecule has 1 aromatic heterocycles. The highest BCUT2D eigenvalue weighted by atomic mass is 35.5. The van der Waals surface area contributed by atoms with Crippen molar-refractivity contribution in [3.63, 3.8) is 0 Å². The van der Waals surface area contributed by atoms with E-state index in [1.54, 1.807) is 0 Å². The molecule has 1 N–H and O–H groups in total. The third-order valence-corrected chi connectivity index (χ3v) is 6.95. The second-order valence-electron chi connectivity index (χ2n) is 9.03. The van der Waals surface area contributed by atoms with E-state index in [1.165, 1.54) is 22.5 Å². The van der Waals surface area contributed by atoms with E-state index in [1.807, 2.05) is 30.3 Å². The molecule has 0 aliphatic rings. The largest absolute Gasteiger partial charge is 0.375 e. The molecule has 4 nitrogen and oxygen atoms in total. The van der Waals surface area contributed by atoms with E-state index in [9.17, 15) is 0 Å². The molecule has 3 aromatic carbocycles. The monoisotopic (exact) mass is 516 g/mol. The van der Waals surface area contributed by atoms with E-state index >= 15 is 0 Å². The maximum Gasteiger partial charge on any atom is 0.173 e. The zero-order chi connectivity index (χ0) is 25.3. The zero-order valence-corrected chi connectivity index (χ0v) is 22.5. The minimum atomic E-state index is 0.730. The quantitative estimate of drug-likeness (QED) is 0.225. The number of aryl methyl sites for hydroxylation is 1. The molecule has 0 fully saturated rings. The van der Waals surface area contributed by atoms with Gasteiger partial charge in [-0.3, -0.25) is 0 Å². The molecule has 0 atom stereocenters. The van der Waals surface area contributed by atoms with Crippen LogP contribution in [-0.4, -0.2) is 34.7 Å². The van der Waals surface area contributed by atoms with E-state index in [-0.39, 0.29) is 0 Å². The lowest BCUT2D eigenvalue weighted by atomic mass is 10.2. The fourth-order valence-corrected chi connectivity index (χ4v) is 4.59. The summed E-state index contributed by atoms with van der Waals surface area (Å²) in [6.07, 6.45) is 3.11. The Morgan fingerprint density at radius 2 is 1.61 bits per heavy atom. The summed E-state index contributed by atoms with van der Waals surface area (Å²) < 4.78 is 2.28. The highest BCUT2D eigenvalue weighted by Crippen LogP contribution is 2.18. The lowest BCUT2D eigenvalue weighted by Crippen LogP contribution is -2.37. The number of rotatable bonds is 10. The predicted molar refractivity (Wildman–Crippen MR) is 157 cm³/mol. The van der Waals surface area contributed by atoms with Crippen LogP contribution in [0.25, 0.3) is 0 Å². The van der Waals surface area contributed by atoms with Crippen LogP contribution in [0.1, 0.15) is 23.2 Å². The van der Waals surface area contributed by atoms with Gasteiger partial charge < -0.3 is 19.7 Å². The van der Waals surface area contributed by atoms with E-state index in [0.29, 0.717) is 0 Å². The summed E-state index contributed by atoms with van der Waals surface area (Å²) in [5.74, 6) is 0. The Morgan fingerprint density at radius 3 is 2.36 bits per heavy atom. The van der Waals surface area contributed by atoms with Crippen LogP contribution in [0.15, 0.2) is 97.2 Å². The van der Waals surface area contributed by atoms with Gasteiger partial charge in [0, 0.05) is 55.0 Å². The molecule has 4 rings (SSSR count). The van der Waals surface area contributed by atoms with Crippen molar-refractivity contribution < 1.29 is 0 Å². The third-order valence-electron chi connectivity index (χ3n) is 6.33. The predicted octanol–water partition coefficient (Wildman–Crippen LogP) is 7.22. The van der Waals surface area contributed by atoms with Gasteiger partial charge >= 0.3 is 0 Å². The summed E-state index contributed by atoms with van der Waals surface area (Å²) in [4.78, 5) is 4.56. The summed E-state index contributed by atoms with van der Waals surface area (Å²) in [6, 6.07) is 31.1. The summed E-state index contributed by atoms with van der Waals surface area (Å²) in [7, 11) is 2.14. The number of para-hydroxylation sites is 2. The third kappa shape index (κ3) is 7.12. The summed E-state index contributed by atoms with van der Waals surface area (Å²) in [5, 5.41) is 4.98. The van der Waals surface area contributed by atoms with Crippen molar-refractivity contribution in [2.24, 2.45) is 0 Å². The Hall–Kier alpha value is -3.28. The first-order valence-electron chi connectivity index (χ1n) is 12.3. The highest BCUT2D eigenvalue weighted by molar-refractivity contribution is 7.80. The van der Waals surface area contributed by atoms with Gasteiger partial charge in [0.25, 0.3) is 0 Å². The van der Waals surface area contributed by atoms with Crippen molar-refractivity contribution in [2.45, 2.75) is 26.4 Å². The zero-order valence-electron chi connectivity index (χ0n) is 20.9. The number of hydrogen-bond donors (Lipinski definition) is 1. The summed E-state index contributed by atoms with van der Waals surface area (Å²) >= 11 is 12.0. The second kappa shape index (κ2) is 12.6. The van der Waals surface area contributed by atoms with Crippen molar-refractivity contribution in [1.29, 1.82) is 0 Å². The minimum absolute atomic E-state index is 0.730. The number of anilines is 2. The van der Waals surface area contributed by atoms with Crippen molar-refractivity contribution >= 4 is 40.3 Å². The number of aromatic nitrogens is 1. The van der Waals surface area contributed by atoms with Gasteiger partial charge in [0.2, 0.25) is 0 Å². The molecule has 0 amide bonds. The van der Waals surface area contributed by atoms with Crippen LogP contribution in [0.3, 0.4) is 0 Å². The molecule has 0 saturated heterocycles. The molecule has 0 aliphatic heterocycles. The molecule has 0 aliphatic carbocycles. The number of halogens is 1. The molecule has 0 unspecified atom stereocenters. The molecule has 0 spiro atoms. The average molecular weight is 517 g/mol. The van der Waals surface area contributed by atoms with Gasteiger partial charge in [0.1, 0.15) is 0 Å². The van der Waals surface area contributed by atoms with Crippen molar-refractivity contribution in [1.82, 2.24) is 9.47 Å². The normalized spacial score (nSPS) is 10.8. The number of benzene rings is 3. The Labute approximate surface area is 225 Å². The van der Waals surface area contributed by atoms with Crippen LogP contribution in [0.5, 0.6) is 0 Å². The maximum atomic E-state index is 6.08. The fraction of sp³-hybridized carbons (Fsp3) is 0.233. The van der Waals surface area contributed by atoms with E-state index < -0.39 is 0 Å². The molecule has 36 heavy (non-hydrogen) atoms. The molecular weight excluding hydrogens is 484 g/mol. The van der Waals surface area contributed by atoms with E-state index in [2.05, 4.69) is 101 Å². The lowest BCUT2D eigenvalue weighted by Gasteiger charge is -2.28. The first-order chi connectivity index (χ1) is 17.5. The smallest absolute Gasteiger partial charge is 0.173 e. The molecular formula is C30H33ClN4S. The van der Waals surface area contributed by atoms with Crippen LogP contribution in [-0.2, 0) is 13.1 Å². The summed E-state index contributed by atoms with van der Waals surface area (Å²) in [6.45, 7) is 5.41. The molecule has 6 heteroatoms. The van der Waals surface area contributed by atoms with Crippen molar-refractivity contribution in [2.75, 3.05) is 30.4 Å². The van der Waals surface area contributed by atoms with Crippen LogP contribution >= 0.6 is 23.8 Å². The van der Waals surface area contributed by atoms with Gasteiger partial charge in [-0.15, -0.1) is 0 Å². The van der Waals surface area contributed by atoms with E-state index in [0.717, 1.165) is 48.4 Å². The molecule has 0 bridgehead atoms. The van der Waals surface area contributed by atoms with Crippen molar-refractivity contribution in [3.05, 3.63) is 119 Å². The van der Waals surface area contributed by atoms with Crippen LogP contribution in [0.2, 0.25) is 5.02 Å². The standard InChI is InChI=1S/C30H33ClN4S/c1-24-10-6-7-14-29(24)32-30(36)35(21-9-19-33(2)27-11-4-3-5-12-27)23-28-13-8-20-34(28)22-25-15-17-26(31)18-16-25/h3-8,10-18,20H,9,19,21-23H2,1-2H3,(H,32,36). The van der Waals surface area contributed by atoms with Crippen LogP contribution in [0, 0.1) is 6.92 Å². The number of nitrogens with one attached hydrogen (secondary N) is 1. The Morgan fingerprint density at radius 1 is 0.889 bits per heavy atom. The lowest BCUT2D eigenvalue weighted by molar-refractivity contribution is 0.399. The van der Waals surface area contributed by atoms with Gasteiger partial charge in [-0.25, -0.2) is 0 Å². The number of hydrogen-bond acceptors (Lipinski definition) is 2. The van der Waals surface area contributed by atoms with Gasteiger partial charge in [-0.05, 0) is 79.2 Å². The second-order valence-corrected chi connectivity index (χ2v) is 9.85. The van der Waals surface area contributed by atoms with Gasteiger partial charge in [0.15, 0.2) is 5.11 Å². The van der Waals surface area contributed by atoms with Crippen LogP contribution in [0.4, 0.5) is 11.4 Å². The van der Waals surface area contributed by atoms with Crippen molar-refractivity contribution in [3.8, 4) is 0 Å². The molecule has 186 valence electrons. The highest BCUT2D eigenvalue weighted by Gasteiger charge is 2.14. The van der Waals surface area contributed by atoms with Gasteiger partial charge in [-0.1, -0.05) is 60.1 Å². The molecule has 4 aromatic rings. The first kappa shape index (κ1) is 25.8. The maximum absolute atomic E-state index is 6.08. The Kier molecular flexibility index (Phi) is 9.04. The fourth-order valence-electron chi connectivity index (χ4n) is 4.20. The summed E-state index contributed by atoms with van der Waals surface area (Å²) in [5.41, 5.74) is 5.88. The van der Waals surface area contributed by atoms with E-state index in [4.69, 9.17) is 23.8 Å². The molecule has 1 heterocycles. The first-order valence-corrected chi connectivity index (χ1v) is 13.0. The molecule has 0 saturated carbocycles. The SMILES string of the molecule is Cc1ccccc1NC(=S)N(CCCN(C)c1ccccc1)Cc1cccn1Cc1ccc(Cl)cc1. The average Bonchev–Trinajstić information content (AvgIpc) is 3.33. The van der Waals surface area contributed by atoms with Gasteiger partial charge in [-0.2, -0.15) is 0 Å².